The summed E-state index contributed by atoms with van der Waals surface area (Å²) < 4.78 is 32.9. The number of likely N-dealkylation sites (tertiary alicyclic amines) is 1. The quantitative estimate of drug-likeness (QED) is 0.753. The Hall–Kier alpha value is -1.70. The highest BCUT2D eigenvalue weighted by Gasteiger charge is 2.42. The Morgan fingerprint density at radius 1 is 1.56 bits per heavy atom. The number of amides is 1. The number of hydrogen-bond donors (Lipinski definition) is 1. The van der Waals surface area contributed by atoms with Crippen LogP contribution in [0.2, 0.25) is 0 Å². The van der Waals surface area contributed by atoms with Gasteiger partial charge in [0.15, 0.2) is 0 Å². The van der Waals surface area contributed by atoms with Crippen LogP contribution < -0.4 is 0 Å². The molecule has 6 nitrogen and oxygen atoms in total. The molecule has 0 aromatic rings. The molecular formula is C10H13F2NO5. The van der Waals surface area contributed by atoms with Gasteiger partial charge in [-0.25, -0.2) is 9.59 Å². The molecule has 0 unspecified atom stereocenters. The highest BCUT2D eigenvalue weighted by Crippen LogP contribution is 2.23. The maximum Gasteiger partial charge on any atom is 0.410 e. The van der Waals surface area contributed by atoms with Crippen molar-refractivity contribution in [3.63, 3.8) is 0 Å². The molecule has 1 fully saturated rings. The first-order valence-electron chi connectivity index (χ1n) is 5.16. The molecule has 0 aromatic heterocycles. The lowest BCUT2D eigenvalue weighted by molar-refractivity contribution is -0.159. The van der Waals surface area contributed by atoms with E-state index in [0.717, 1.165) is 4.90 Å². The molecular weight excluding hydrogens is 252 g/mol. The molecule has 1 N–H and O–H groups in total. The number of carbonyl (C=O) groups excluding carboxylic acids is 1. The number of aliphatic carboxylic acids is 1. The van der Waals surface area contributed by atoms with E-state index in [9.17, 15) is 18.4 Å². The zero-order valence-electron chi connectivity index (χ0n) is 9.42. The van der Waals surface area contributed by atoms with E-state index in [1.54, 1.807) is 0 Å². The first-order valence-corrected chi connectivity index (χ1v) is 5.16. The second-order valence-electron chi connectivity index (χ2n) is 3.63. The molecule has 0 bridgehead atoms. The molecule has 18 heavy (non-hydrogen) atoms. The molecule has 1 aliphatic heterocycles. The van der Waals surface area contributed by atoms with Crippen LogP contribution >= 0.6 is 0 Å². The lowest BCUT2D eigenvalue weighted by atomic mass is 10.2. The van der Waals surface area contributed by atoms with Gasteiger partial charge < -0.3 is 14.6 Å². The third-order valence-corrected chi connectivity index (χ3v) is 2.40. The predicted octanol–water partition coefficient (Wildman–Crippen LogP) is 1.08. The summed E-state index contributed by atoms with van der Waals surface area (Å²) in [6.45, 7) is 0.00574. The molecule has 0 aliphatic carbocycles. The van der Waals surface area contributed by atoms with Gasteiger partial charge in [0.25, 0.3) is 0 Å². The van der Waals surface area contributed by atoms with Crippen molar-refractivity contribution in [2.75, 3.05) is 13.2 Å². The van der Waals surface area contributed by atoms with Crippen LogP contribution in [-0.2, 0) is 14.3 Å². The molecule has 102 valence electrons. The number of alkyl halides is 2. The van der Waals surface area contributed by atoms with Gasteiger partial charge in [-0.1, -0.05) is 12.7 Å². The van der Waals surface area contributed by atoms with Gasteiger partial charge in [-0.3, -0.25) is 4.90 Å². The summed E-state index contributed by atoms with van der Waals surface area (Å²) >= 11 is 0. The van der Waals surface area contributed by atoms with Crippen LogP contribution in [0.25, 0.3) is 0 Å². The van der Waals surface area contributed by atoms with Crippen LogP contribution in [0.1, 0.15) is 6.42 Å². The summed E-state index contributed by atoms with van der Waals surface area (Å²) in [6.07, 6.45) is -0.773. The molecule has 0 aromatic carbocycles. The van der Waals surface area contributed by atoms with Gasteiger partial charge >= 0.3 is 18.7 Å². The number of carbonyl (C=O) groups is 2. The number of halogens is 2. The first kappa shape index (κ1) is 14.4. The number of ether oxygens (including phenoxy) is 2. The van der Waals surface area contributed by atoms with Crippen molar-refractivity contribution in [2.24, 2.45) is 0 Å². The van der Waals surface area contributed by atoms with Gasteiger partial charge in [-0.2, -0.15) is 8.78 Å². The van der Waals surface area contributed by atoms with Gasteiger partial charge in [0.1, 0.15) is 12.6 Å². The third-order valence-electron chi connectivity index (χ3n) is 2.40. The topological polar surface area (TPSA) is 76.1 Å². The second-order valence-corrected chi connectivity index (χ2v) is 3.63. The fourth-order valence-corrected chi connectivity index (χ4v) is 1.69. The summed E-state index contributed by atoms with van der Waals surface area (Å²) in [5.41, 5.74) is 0. The maximum absolute atomic E-state index is 12.0. The van der Waals surface area contributed by atoms with Crippen LogP contribution in [0.4, 0.5) is 13.6 Å². The molecule has 0 radical (unpaired) electrons. The number of carboxylic acid groups (broad SMARTS) is 1. The van der Waals surface area contributed by atoms with E-state index in [1.807, 2.05) is 0 Å². The summed E-state index contributed by atoms with van der Waals surface area (Å²) in [4.78, 5) is 23.3. The van der Waals surface area contributed by atoms with E-state index in [0.29, 0.717) is 0 Å². The highest BCUT2D eigenvalue weighted by molar-refractivity contribution is 5.80. The van der Waals surface area contributed by atoms with Crippen molar-refractivity contribution in [2.45, 2.75) is 25.2 Å². The Morgan fingerprint density at radius 2 is 2.22 bits per heavy atom. The number of nitrogens with zero attached hydrogens (tertiary/aromatic N) is 1. The highest BCUT2D eigenvalue weighted by atomic mass is 19.3. The fourth-order valence-electron chi connectivity index (χ4n) is 1.69. The van der Waals surface area contributed by atoms with Crippen molar-refractivity contribution < 1.29 is 33.0 Å². The molecule has 0 spiro atoms. The average molecular weight is 265 g/mol. The van der Waals surface area contributed by atoms with E-state index in [4.69, 9.17) is 5.11 Å². The van der Waals surface area contributed by atoms with Crippen molar-refractivity contribution in [3.8, 4) is 0 Å². The van der Waals surface area contributed by atoms with Crippen molar-refractivity contribution >= 4 is 12.1 Å². The Labute approximate surface area is 102 Å². The maximum atomic E-state index is 12.0. The minimum absolute atomic E-state index is 0.0813. The van der Waals surface area contributed by atoms with Crippen molar-refractivity contribution in [3.05, 3.63) is 12.7 Å². The SMILES string of the molecule is C=CCOC(=O)N1C[C@H](OC(F)F)C[C@H]1C(=O)O. The largest absolute Gasteiger partial charge is 0.480 e. The van der Waals surface area contributed by atoms with E-state index in [-0.39, 0.29) is 19.6 Å². The lowest BCUT2D eigenvalue weighted by Crippen LogP contribution is -2.41. The smallest absolute Gasteiger partial charge is 0.410 e. The van der Waals surface area contributed by atoms with Gasteiger partial charge in [-0.15, -0.1) is 0 Å². The molecule has 0 saturated carbocycles. The number of rotatable bonds is 5. The molecule has 1 saturated heterocycles. The van der Waals surface area contributed by atoms with Gasteiger partial charge in [-0.05, 0) is 0 Å². The standard InChI is InChI=1S/C10H13F2NO5/c1-2-3-17-10(16)13-5-6(18-9(11)12)4-7(13)8(14)15/h2,6-7,9H,1,3-5H2,(H,14,15)/t6-,7+/m1/s1. The van der Waals surface area contributed by atoms with Gasteiger partial charge in [0.05, 0.1) is 12.6 Å². The number of hydrogen-bond acceptors (Lipinski definition) is 4. The zero-order valence-corrected chi connectivity index (χ0v) is 9.42. The summed E-state index contributed by atoms with van der Waals surface area (Å²) in [7, 11) is 0. The molecule has 1 amide bonds. The van der Waals surface area contributed by atoms with Crippen LogP contribution in [0.3, 0.4) is 0 Å². The summed E-state index contributed by atoms with van der Waals surface area (Å²) in [5.74, 6) is -1.29. The van der Waals surface area contributed by atoms with Crippen molar-refractivity contribution in [1.82, 2.24) is 4.90 Å². The lowest BCUT2D eigenvalue weighted by Gasteiger charge is -2.20. The monoisotopic (exact) mass is 265 g/mol. The molecule has 2 atom stereocenters. The molecule has 8 heteroatoms. The molecule has 1 heterocycles. The van der Waals surface area contributed by atoms with Gasteiger partial charge in [0, 0.05) is 6.42 Å². The number of carboxylic acids is 1. The van der Waals surface area contributed by atoms with Crippen LogP contribution in [0, 0.1) is 0 Å². The minimum Gasteiger partial charge on any atom is -0.480 e. The Kier molecular flexibility index (Phi) is 5.02. The van der Waals surface area contributed by atoms with E-state index >= 15 is 0 Å². The van der Waals surface area contributed by atoms with E-state index in [2.05, 4.69) is 16.1 Å². The molecule has 1 aliphatic rings. The van der Waals surface area contributed by atoms with Crippen LogP contribution in [0.5, 0.6) is 0 Å². The zero-order chi connectivity index (χ0) is 13.7. The first-order chi connectivity index (χ1) is 8.45. The third kappa shape index (κ3) is 3.66. The summed E-state index contributed by atoms with van der Waals surface area (Å²) in [5, 5.41) is 8.90. The molecule has 1 rings (SSSR count). The van der Waals surface area contributed by atoms with Crippen LogP contribution in [-0.4, -0.2) is 54.0 Å². The van der Waals surface area contributed by atoms with Gasteiger partial charge in [0.2, 0.25) is 0 Å². The Bertz CT molecular complexity index is 336. The average Bonchev–Trinajstić information content (AvgIpc) is 2.69. The van der Waals surface area contributed by atoms with E-state index < -0.39 is 30.8 Å². The minimum atomic E-state index is -3.01. The van der Waals surface area contributed by atoms with Crippen LogP contribution in [0.15, 0.2) is 12.7 Å². The normalized spacial score (nSPS) is 23.2. The Balaban J connectivity index is 2.65. The second kappa shape index (κ2) is 6.29. The summed E-state index contributed by atoms with van der Waals surface area (Å²) in [6, 6.07) is -1.22. The van der Waals surface area contributed by atoms with Crippen molar-refractivity contribution in [1.29, 1.82) is 0 Å². The van der Waals surface area contributed by atoms with E-state index in [1.165, 1.54) is 6.08 Å². The predicted molar refractivity (Wildman–Crippen MR) is 55.2 cm³/mol. The Morgan fingerprint density at radius 3 is 2.72 bits per heavy atom. The fraction of sp³-hybridized carbons (Fsp3) is 0.600.